The van der Waals surface area contributed by atoms with Gasteiger partial charge in [-0.1, -0.05) is 6.92 Å². The summed E-state index contributed by atoms with van der Waals surface area (Å²) < 4.78 is 44.6. The topological polar surface area (TPSA) is 130 Å². The van der Waals surface area contributed by atoms with E-state index in [1.807, 2.05) is 0 Å². The second-order valence-electron chi connectivity index (χ2n) is 7.49. The van der Waals surface area contributed by atoms with E-state index < -0.39 is 42.5 Å². The van der Waals surface area contributed by atoms with Crippen molar-refractivity contribution in [1.29, 1.82) is 0 Å². The van der Waals surface area contributed by atoms with Gasteiger partial charge in [-0.25, -0.2) is 4.98 Å². The number of aromatic nitrogens is 3. The van der Waals surface area contributed by atoms with Gasteiger partial charge in [0.25, 0.3) is 11.5 Å². The predicted octanol–water partition coefficient (Wildman–Crippen LogP) is 0.478. The van der Waals surface area contributed by atoms with Crippen molar-refractivity contribution in [2.24, 2.45) is 7.05 Å². The zero-order valence-electron chi connectivity index (χ0n) is 17.6. The van der Waals surface area contributed by atoms with E-state index in [0.717, 1.165) is 0 Å². The number of aliphatic hydroxyl groups is 1. The van der Waals surface area contributed by atoms with Gasteiger partial charge in [0.05, 0.1) is 0 Å². The maximum absolute atomic E-state index is 13.0. The fourth-order valence-corrected chi connectivity index (χ4v) is 3.68. The first kappa shape index (κ1) is 23.6. The van der Waals surface area contributed by atoms with Gasteiger partial charge in [-0.2, -0.15) is 13.2 Å². The number of aryl methyl sites for hydroxylation is 2. The lowest BCUT2D eigenvalue weighted by molar-refractivity contribution is -0.153. The van der Waals surface area contributed by atoms with Crippen LogP contribution in [-0.4, -0.2) is 74.9 Å². The number of rotatable bonds is 6. The van der Waals surface area contributed by atoms with Crippen molar-refractivity contribution in [2.45, 2.75) is 38.4 Å². The molecule has 1 saturated heterocycles. The van der Waals surface area contributed by atoms with Crippen molar-refractivity contribution in [1.82, 2.24) is 24.8 Å². The number of nitrogens with zero attached hydrogens (tertiary/aromatic N) is 3. The van der Waals surface area contributed by atoms with Crippen molar-refractivity contribution in [3.05, 3.63) is 21.9 Å². The van der Waals surface area contributed by atoms with E-state index in [4.69, 9.17) is 9.84 Å². The molecule has 2 aromatic heterocycles. The lowest BCUT2D eigenvalue weighted by Crippen LogP contribution is -2.47. The summed E-state index contributed by atoms with van der Waals surface area (Å²) in [5.41, 5.74) is -0.907. The van der Waals surface area contributed by atoms with Crippen molar-refractivity contribution in [2.75, 3.05) is 26.3 Å². The van der Waals surface area contributed by atoms with Crippen LogP contribution < -0.4 is 15.6 Å². The average Bonchev–Trinajstić information content (AvgIpc) is 3.03. The minimum atomic E-state index is -4.68. The number of aliphatic hydroxyl groups excluding tert-OH is 1. The van der Waals surface area contributed by atoms with Crippen molar-refractivity contribution in [3.63, 3.8) is 0 Å². The van der Waals surface area contributed by atoms with Gasteiger partial charge >= 0.3 is 6.18 Å². The Hall–Kier alpha value is -3.09. The van der Waals surface area contributed by atoms with Crippen LogP contribution in [0.15, 0.2) is 4.79 Å². The molecule has 10 nitrogen and oxygen atoms in total. The quantitative estimate of drug-likeness (QED) is 0.576. The fourth-order valence-electron chi connectivity index (χ4n) is 3.68. The highest BCUT2D eigenvalue weighted by Crippen LogP contribution is 2.31. The number of alkyl halides is 3. The molecule has 0 atom stereocenters. The molecule has 0 bridgehead atoms. The van der Waals surface area contributed by atoms with E-state index in [1.165, 1.54) is 16.5 Å². The van der Waals surface area contributed by atoms with Crippen LogP contribution in [-0.2, 0) is 18.3 Å². The molecule has 0 aliphatic carbocycles. The second kappa shape index (κ2) is 9.18. The number of piperidine rings is 1. The largest absolute Gasteiger partial charge is 0.481 e. The van der Waals surface area contributed by atoms with Gasteiger partial charge in [-0.05, 0) is 12.8 Å². The summed E-state index contributed by atoms with van der Waals surface area (Å²) in [7, 11) is 1.42. The van der Waals surface area contributed by atoms with Gasteiger partial charge in [0.2, 0.25) is 5.91 Å². The second-order valence-corrected chi connectivity index (χ2v) is 7.49. The molecule has 176 valence electrons. The van der Waals surface area contributed by atoms with Crippen LogP contribution in [0, 0.1) is 0 Å². The highest BCUT2D eigenvalue weighted by molar-refractivity contribution is 6.03. The molecular weight excluding hydrogens is 435 g/mol. The summed E-state index contributed by atoms with van der Waals surface area (Å²) in [5, 5.41) is 11.5. The summed E-state index contributed by atoms with van der Waals surface area (Å²) in [6.07, 6.45) is -3.49. The molecule has 2 aromatic rings. The SMILES string of the molecule is CCc1nc2c(c(OCC(F)(F)F)c(C(=O)NC3CCN(C(=O)CO)CC3)n2C)c(=O)[nH]1. The Morgan fingerprint density at radius 1 is 1.31 bits per heavy atom. The van der Waals surface area contributed by atoms with Crippen molar-refractivity contribution >= 4 is 22.8 Å². The number of hydrogen-bond acceptors (Lipinski definition) is 6. The summed E-state index contributed by atoms with van der Waals surface area (Å²) in [6.45, 7) is 0.0999. The monoisotopic (exact) mass is 459 g/mol. The molecule has 3 heterocycles. The minimum Gasteiger partial charge on any atom is -0.481 e. The average molecular weight is 459 g/mol. The number of hydrogen-bond donors (Lipinski definition) is 3. The molecule has 2 amide bonds. The van der Waals surface area contributed by atoms with E-state index in [1.54, 1.807) is 6.92 Å². The molecule has 3 N–H and O–H groups in total. The van der Waals surface area contributed by atoms with Gasteiger partial charge in [0, 0.05) is 32.6 Å². The third-order valence-electron chi connectivity index (χ3n) is 5.29. The van der Waals surface area contributed by atoms with Crippen LogP contribution in [0.4, 0.5) is 13.2 Å². The summed E-state index contributed by atoms with van der Waals surface area (Å²) in [4.78, 5) is 45.4. The number of halogens is 3. The molecule has 1 fully saturated rings. The summed E-state index contributed by atoms with van der Waals surface area (Å²) in [6, 6.07) is -0.351. The minimum absolute atomic E-state index is 0.0382. The van der Waals surface area contributed by atoms with Crippen LogP contribution >= 0.6 is 0 Å². The third kappa shape index (κ3) is 4.87. The first-order valence-electron chi connectivity index (χ1n) is 10.1. The highest BCUT2D eigenvalue weighted by atomic mass is 19.4. The lowest BCUT2D eigenvalue weighted by Gasteiger charge is -2.32. The Kier molecular flexibility index (Phi) is 6.77. The Bertz CT molecular complexity index is 1070. The number of ether oxygens (including phenoxy) is 1. The molecule has 0 saturated carbocycles. The molecule has 13 heteroatoms. The predicted molar refractivity (Wildman–Crippen MR) is 106 cm³/mol. The van der Waals surface area contributed by atoms with Crippen LogP contribution in [0.1, 0.15) is 36.1 Å². The molecule has 32 heavy (non-hydrogen) atoms. The maximum Gasteiger partial charge on any atom is 0.422 e. The maximum atomic E-state index is 13.0. The van der Waals surface area contributed by atoms with Crippen LogP contribution in [0.2, 0.25) is 0 Å². The Labute approximate surface area is 180 Å². The van der Waals surface area contributed by atoms with Gasteiger partial charge in [0.1, 0.15) is 17.8 Å². The first-order chi connectivity index (χ1) is 15.1. The Morgan fingerprint density at radius 3 is 2.53 bits per heavy atom. The molecule has 0 radical (unpaired) electrons. The Morgan fingerprint density at radius 2 is 1.97 bits per heavy atom. The van der Waals surface area contributed by atoms with Gasteiger partial charge < -0.3 is 29.6 Å². The highest BCUT2D eigenvalue weighted by Gasteiger charge is 2.33. The summed E-state index contributed by atoms with van der Waals surface area (Å²) >= 11 is 0. The lowest BCUT2D eigenvalue weighted by atomic mass is 10.0. The van der Waals surface area contributed by atoms with Gasteiger partial charge in [-0.3, -0.25) is 14.4 Å². The fraction of sp³-hybridized carbons (Fsp3) is 0.579. The van der Waals surface area contributed by atoms with Gasteiger partial charge in [0.15, 0.2) is 23.7 Å². The van der Waals surface area contributed by atoms with Crippen molar-refractivity contribution in [3.8, 4) is 5.75 Å². The number of fused-ring (bicyclic) bond motifs is 1. The van der Waals surface area contributed by atoms with E-state index in [-0.39, 0.29) is 22.8 Å². The third-order valence-corrected chi connectivity index (χ3v) is 5.29. The van der Waals surface area contributed by atoms with E-state index >= 15 is 0 Å². The van der Waals surface area contributed by atoms with Crippen LogP contribution in [0.3, 0.4) is 0 Å². The molecule has 0 unspecified atom stereocenters. The van der Waals surface area contributed by atoms with Crippen LogP contribution in [0.25, 0.3) is 11.0 Å². The van der Waals surface area contributed by atoms with E-state index in [2.05, 4.69) is 15.3 Å². The molecule has 0 aromatic carbocycles. The zero-order valence-corrected chi connectivity index (χ0v) is 17.6. The molecule has 1 aliphatic rings. The number of aromatic amines is 1. The molecular formula is C19H24F3N5O5. The number of nitrogens with one attached hydrogen (secondary N) is 2. The summed E-state index contributed by atoms with van der Waals surface area (Å²) in [5.74, 6) is -1.30. The number of likely N-dealkylation sites (tertiary alicyclic amines) is 1. The zero-order chi connectivity index (χ0) is 23.6. The number of carbonyl (C=O) groups is 2. The molecule has 0 spiro atoms. The molecule has 1 aliphatic heterocycles. The van der Waals surface area contributed by atoms with Gasteiger partial charge in [-0.15, -0.1) is 0 Å². The first-order valence-corrected chi connectivity index (χ1v) is 10.1. The number of carbonyl (C=O) groups excluding carboxylic acids is 2. The Balaban J connectivity index is 1.93. The van der Waals surface area contributed by atoms with Crippen LogP contribution in [0.5, 0.6) is 5.75 Å². The molecule has 3 rings (SSSR count). The van der Waals surface area contributed by atoms with Crippen molar-refractivity contribution < 1.29 is 32.6 Å². The smallest absolute Gasteiger partial charge is 0.422 e. The van der Waals surface area contributed by atoms with E-state index in [9.17, 15) is 27.6 Å². The van der Waals surface area contributed by atoms with E-state index in [0.29, 0.717) is 38.2 Å². The standard InChI is InChI=1S/C19H24F3N5O5/c1-3-11-24-16-13(17(30)25-11)15(32-9-19(20,21)22)14(26(16)2)18(31)23-10-4-6-27(7-5-10)12(29)8-28/h10,28H,3-9H2,1-2H3,(H,23,31)(H,24,25,30). The number of amides is 2. The number of H-pyrrole nitrogens is 1. The normalized spacial score (nSPS) is 15.2.